The Balaban J connectivity index is 2.21. The van der Waals surface area contributed by atoms with Crippen LogP contribution >= 0.6 is 0 Å². The molecular weight excluding hydrogens is 240 g/mol. The molecule has 0 bridgehead atoms. The van der Waals surface area contributed by atoms with E-state index in [0.717, 1.165) is 5.56 Å². The van der Waals surface area contributed by atoms with Gasteiger partial charge in [-0.2, -0.15) is 0 Å². The summed E-state index contributed by atoms with van der Waals surface area (Å²) in [6.45, 7) is 6.18. The van der Waals surface area contributed by atoms with Crippen molar-refractivity contribution in [3.8, 4) is 0 Å². The number of amides is 2. The molecule has 0 saturated carbocycles. The number of benzene rings is 1. The molecule has 2 amide bonds. The third-order valence-corrected chi connectivity index (χ3v) is 3.55. The normalized spacial score (nSPS) is 23.4. The quantitative estimate of drug-likeness (QED) is 0.898. The molecule has 2 atom stereocenters. The highest BCUT2D eigenvalue weighted by Crippen LogP contribution is 2.17. The van der Waals surface area contributed by atoms with E-state index in [9.17, 15) is 9.59 Å². The van der Waals surface area contributed by atoms with Crippen molar-refractivity contribution in [3.05, 3.63) is 35.4 Å². The summed E-state index contributed by atoms with van der Waals surface area (Å²) in [6.07, 6.45) is 0.635. The van der Waals surface area contributed by atoms with Crippen molar-refractivity contribution in [2.45, 2.75) is 45.8 Å². The highest BCUT2D eigenvalue weighted by molar-refractivity contribution is 5.96. The van der Waals surface area contributed by atoms with Gasteiger partial charge < -0.3 is 10.2 Å². The zero-order chi connectivity index (χ0) is 14.0. The van der Waals surface area contributed by atoms with Crippen LogP contribution in [0.25, 0.3) is 0 Å². The van der Waals surface area contributed by atoms with Crippen LogP contribution < -0.4 is 5.32 Å². The van der Waals surface area contributed by atoms with E-state index >= 15 is 0 Å². The van der Waals surface area contributed by atoms with E-state index in [-0.39, 0.29) is 17.9 Å². The first kappa shape index (κ1) is 13.6. The van der Waals surface area contributed by atoms with Crippen LogP contribution in [0.2, 0.25) is 0 Å². The predicted octanol–water partition coefficient (Wildman–Crippen LogP) is 1.62. The fourth-order valence-corrected chi connectivity index (χ4v) is 2.40. The molecule has 1 aromatic carbocycles. The Morgan fingerprint density at radius 3 is 2.42 bits per heavy atom. The first-order valence-corrected chi connectivity index (χ1v) is 6.69. The molecule has 1 aliphatic rings. The van der Waals surface area contributed by atoms with Crippen molar-refractivity contribution in [2.75, 3.05) is 0 Å². The monoisotopic (exact) mass is 260 g/mol. The van der Waals surface area contributed by atoms with Crippen LogP contribution in [0.3, 0.4) is 0 Å². The zero-order valence-electron chi connectivity index (χ0n) is 11.6. The summed E-state index contributed by atoms with van der Waals surface area (Å²) in [5.74, 6) is -0.0614. The Bertz CT molecular complexity index is 481. The van der Waals surface area contributed by atoms with E-state index in [0.29, 0.717) is 13.0 Å². The average molecular weight is 260 g/mol. The second-order valence-corrected chi connectivity index (χ2v) is 5.11. The van der Waals surface area contributed by atoms with Gasteiger partial charge in [-0.1, -0.05) is 36.8 Å². The van der Waals surface area contributed by atoms with E-state index in [1.807, 2.05) is 38.1 Å². The minimum Gasteiger partial charge on any atom is -0.343 e. The third kappa shape index (κ3) is 2.78. The van der Waals surface area contributed by atoms with Crippen molar-refractivity contribution in [1.82, 2.24) is 10.2 Å². The van der Waals surface area contributed by atoms with Crippen molar-refractivity contribution in [1.29, 1.82) is 0 Å². The number of aryl methyl sites for hydroxylation is 1. The molecule has 1 aliphatic heterocycles. The van der Waals surface area contributed by atoms with Gasteiger partial charge in [-0.05, 0) is 25.8 Å². The lowest BCUT2D eigenvalue weighted by molar-refractivity contribution is -0.149. The number of carbonyl (C=O) groups excluding carboxylic acids is 2. The van der Waals surface area contributed by atoms with E-state index in [1.54, 1.807) is 11.8 Å². The summed E-state index contributed by atoms with van der Waals surface area (Å²) >= 11 is 0. The van der Waals surface area contributed by atoms with Gasteiger partial charge in [0, 0.05) is 6.54 Å². The van der Waals surface area contributed by atoms with Crippen LogP contribution in [0.15, 0.2) is 24.3 Å². The molecule has 19 heavy (non-hydrogen) atoms. The first-order valence-electron chi connectivity index (χ1n) is 6.69. The summed E-state index contributed by atoms with van der Waals surface area (Å²) < 4.78 is 0. The van der Waals surface area contributed by atoms with Crippen LogP contribution in [-0.4, -0.2) is 28.8 Å². The molecule has 1 heterocycles. The van der Waals surface area contributed by atoms with Crippen molar-refractivity contribution in [3.63, 3.8) is 0 Å². The van der Waals surface area contributed by atoms with Gasteiger partial charge in [-0.3, -0.25) is 9.59 Å². The van der Waals surface area contributed by atoms with E-state index in [2.05, 4.69) is 5.32 Å². The SMILES string of the molecule is CCC1C(=O)NC(C)C(=O)N1Cc1ccc(C)cc1. The van der Waals surface area contributed by atoms with Crippen LogP contribution in [0, 0.1) is 6.92 Å². The largest absolute Gasteiger partial charge is 0.343 e. The maximum Gasteiger partial charge on any atom is 0.245 e. The van der Waals surface area contributed by atoms with Crippen LogP contribution in [0.1, 0.15) is 31.4 Å². The maximum atomic E-state index is 12.2. The van der Waals surface area contributed by atoms with E-state index in [1.165, 1.54) is 5.56 Å². The molecular formula is C15H20N2O2. The number of rotatable bonds is 3. The smallest absolute Gasteiger partial charge is 0.245 e. The standard InChI is InChI=1S/C15H20N2O2/c1-4-13-14(18)16-11(3)15(19)17(13)9-12-7-5-10(2)6-8-12/h5-8,11,13H,4,9H2,1-3H3,(H,16,18). The minimum absolute atomic E-state index is 0.00738. The molecule has 0 aromatic heterocycles. The fourth-order valence-electron chi connectivity index (χ4n) is 2.40. The highest BCUT2D eigenvalue weighted by Gasteiger charge is 2.37. The maximum absolute atomic E-state index is 12.2. The Morgan fingerprint density at radius 2 is 1.84 bits per heavy atom. The van der Waals surface area contributed by atoms with Crippen LogP contribution in [0.5, 0.6) is 0 Å². The second kappa shape index (κ2) is 5.43. The number of piperazine rings is 1. The molecule has 0 radical (unpaired) electrons. The summed E-state index contributed by atoms with van der Waals surface area (Å²) in [4.78, 5) is 25.8. The molecule has 4 nitrogen and oxygen atoms in total. The van der Waals surface area contributed by atoms with Crippen LogP contribution in [-0.2, 0) is 16.1 Å². The molecule has 0 aliphatic carbocycles. The van der Waals surface area contributed by atoms with Gasteiger partial charge in [0.2, 0.25) is 11.8 Å². The molecule has 1 saturated heterocycles. The Kier molecular flexibility index (Phi) is 3.88. The average Bonchev–Trinajstić information content (AvgIpc) is 2.38. The Labute approximate surface area is 113 Å². The molecule has 0 spiro atoms. The molecule has 4 heteroatoms. The number of nitrogens with zero attached hydrogens (tertiary/aromatic N) is 1. The van der Waals surface area contributed by atoms with Gasteiger partial charge >= 0.3 is 0 Å². The Hall–Kier alpha value is -1.84. The Morgan fingerprint density at radius 1 is 1.21 bits per heavy atom. The van der Waals surface area contributed by atoms with Gasteiger partial charge in [-0.25, -0.2) is 0 Å². The number of hydrogen-bond donors (Lipinski definition) is 1. The molecule has 102 valence electrons. The predicted molar refractivity (Wildman–Crippen MR) is 73.4 cm³/mol. The summed E-state index contributed by atoms with van der Waals surface area (Å²) in [6, 6.07) is 7.27. The first-order chi connectivity index (χ1) is 9.02. The summed E-state index contributed by atoms with van der Waals surface area (Å²) in [5.41, 5.74) is 2.24. The lowest BCUT2D eigenvalue weighted by Crippen LogP contribution is -2.61. The minimum atomic E-state index is -0.430. The second-order valence-electron chi connectivity index (χ2n) is 5.11. The van der Waals surface area contributed by atoms with Crippen molar-refractivity contribution < 1.29 is 9.59 Å². The van der Waals surface area contributed by atoms with Gasteiger partial charge in [0.15, 0.2) is 0 Å². The molecule has 2 rings (SSSR count). The summed E-state index contributed by atoms with van der Waals surface area (Å²) in [7, 11) is 0. The van der Waals surface area contributed by atoms with Gasteiger partial charge in [0.25, 0.3) is 0 Å². The van der Waals surface area contributed by atoms with Crippen LogP contribution in [0.4, 0.5) is 0 Å². The lowest BCUT2D eigenvalue weighted by atomic mass is 10.0. The van der Waals surface area contributed by atoms with E-state index < -0.39 is 6.04 Å². The molecule has 1 N–H and O–H groups in total. The van der Waals surface area contributed by atoms with E-state index in [4.69, 9.17) is 0 Å². The van der Waals surface area contributed by atoms with Crippen molar-refractivity contribution >= 4 is 11.8 Å². The van der Waals surface area contributed by atoms with Gasteiger partial charge in [0.1, 0.15) is 12.1 Å². The zero-order valence-corrected chi connectivity index (χ0v) is 11.6. The number of carbonyl (C=O) groups is 2. The molecule has 2 unspecified atom stereocenters. The summed E-state index contributed by atoms with van der Waals surface area (Å²) in [5, 5.41) is 2.72. The number of hydrogen-bond acceptors (Lipinski definition) is 2. The third-order valence-electron chi connectivity index (χ3n) is 3.55. The van der Waals surface area contributed by atoms with Gasteiger partial charge in [-0.15, -0.1) is 0 Å². The molecule has 1 aromatic rings. The number of nitrogens with one attached hydrogen (secondary N) is 1. The van der Waals surface area contributed by atoms with Gasteiger partial charge in [0.05, 0.1) is 0 Å². The van der Waals surface area contributed by atoms with Crippen molar-refractivity contribution in [2.24, 2.45) is 0 Å². The highest BCUT2D eigenvalue weighted by atomic mass is 16.2. The lowest BCUT2D eigenvalue weighted by Gasteiger charge is -2.37. The fraction of sp³-hybridized carbons (Fsp3) is 0.467. The molecule has 1 fully saturated rings. The topological polar surface area (TPSA) is 49.4 Å².